The van der Waals surface area contributed by atoms with Crippen LogP contribution in [0.1, 0.15) is 36.7 Å². The number of aromatic nitrogens is 2. The van der Waals surface area contributed by atoms with Crippen LogP contribution in [0.4, 0.5) is 5.82 Å². The highest BCUT2D eigenvalue weighted by Gasteiger charge is 2.33. The summed E-state index contributed by atoms with van der Waals surface area (Å²) in [4.78, 5) is 20.0. The van der Waals surface area contributed by atoms with Gasteiger partial charge in [0.2, 0.25) is 0 Å². The van der Waals surface area contributed by atoms with Gasteiger partial charge in [0.05, 0.1) is 12.4 Å². The maximum atomic E-state index is 11.9. The Hall–Kier alpha value is -1.65. The fourth-order valence-corrected chi connectivity index (χ4v) is 1.77. The summed E-state index contributed by atoms with van der Waals surface area (Å²) in [6, 6.07) is 0. The summed E-state index contributed by atoms with van der Waals surface area (Å²) in [6.07, 6.45) is 6.33. The molecule has 0 saturated heterocycles. The first-order chi connectivity index (χ1) is 7.63. The third-order valence-electron chi connectivity index (χ3n) is 3.00. The second-order valence-electron chi connectivity index (χ2n) is 4.41. The molecule has 0 aromatic carbocycles. The molecule has 0 spiro atoms. The molecule has 1 aliphatic carbocycles. The zero-order valence-electron chi connectivity index (χ0n) is 9.58. The number of hydrogen-bond donors (Lipinski definition) is 2. The van der Waals surface area contributed by atoms with Gasteiger partial charge in [-0.15, -0.1) is 0 Å². The van der Waals surface area contributed by atoms with Crippen molar-refractivity contribution in [3.05, 3.63) is 18.1 Å². The van der Waals surface area contributed by atoms with Crippen LogP contribution in [0.5, 0.6) is 0 Å². The molecule has 0 aliphatic heterocycles. The molecule has 1 fully saturated rings. The summed E-state index contributed by atoms with van der Waals surface area (Å²) < 4.78 is 0. The van der Waals surface area contributed by atoms with Gasteiger partial charge < -0.3 is 10.6 Å². The predicted octanol–water partition coefficient (Wildman–Crippen LogP) is 1.19. The number of carbonyl (C=O) groups is 1. The number of nitrogens with zero attached hydrogens (tertiary/aromatic N) is 2. The molecule has 0 radical (unpaired) electrons. The number of nitrogens with one attached hydrogen (secondary N) is 2. The molecule has 0 atom stereocenters. The van der Waals surface area contributed by atoms with E-state index in [9.17, 15) is 4.79 Å². The summed E-state index contributed by atoms with van der Waals surface area (Å²) in [5, 5.41) is 5.85. The van der Waals surface area contributed by atoms with E-state index in [1.165, 1.54) is 12.6 Å². The Labute approximate surface area is 94.7 Å². The van der Waals surface area contributed by atoms with E-state index in [0.29, 0.717) is 11.5 Å². The second kappa shape index (κ2) is 4.08. The second-order valence-corrected chi connectivity index (χ2v) is 4.41. The third-order valence-corrected chi connectivity index (χ3v) is 3.00. The molecule has 86 valence electrons. The smallest absolute Gasteiger partial charge is 0.271 e. The monoisotopic (exact) mass is 220 g/mol. The van der Waals surface area contributed by atoms with Crippen molar-refractivity contribution in [3.8, 4) is 0 Å². The molecule has 1 aliphatic rings. The number of anilines is 1. The van der Waals surface area contributed by atoms with Gasteiger partial charge in [-0.1, -0.05) is 0 Å². The topological polar surface area (TPSA) is 66.9 Å². The van der Waals surface area contributed by atoms with E-state index in [-0.39, 0.29) is 11.4 Å². The lowest BCUT2D eigenvalue weighted by atomic mass is 9.78. The lowest BCUT2D eigenvalue weighted by Crippen LogP contribution is -2.51. The Morgan fingerprint density at radius 1 is 1.44 bits per heavy atom. The van der Waals surface area contributed by atoms with Crippen LogP contribution in [0.2, 0.25) is 0 Å². The fourth-order valence-electron chi connectivity index (χ4n) is 1.77. The number of carbonyl (C=O) groups excluding carboxylic acids is 1. The molecule has 16 heavy (non-hydrogen) atoms. The SMILES string of the molecule is CNc1cncc(C(=O)NC2(C)CCC2)n1. The first-order valence-electron chi connectivity index (χ1n) is 5.45. The molecule has 1 saturated carbocycles. The van der Waals surface area contributed by atoms with Crippen molar-refractivity contribution in [2.75, 3.05) is 12.4 Å². The Balaban J connectivity index is 2.08. The van der Waals surface area contributed by atoms with E-state index < -0.39 is 0 Å². The highest BCUT2D eigenvalue weighted by Crippen LogP contribution is 2.31. The number of rotatable bonds is 3. The Morgan fingerprint density at radius 3 is 2.75 bits per heavy atom. The first-order valence-corrected chi connectivity index (χ1v) is 5.45. The minimum absolute atomic E-state index is 0.0472. The average Bonchev–Trinajstić information content (AvgIpc) is 2.27. The van der Waals surface area contributed by atoms with E-state index in [0.717, 1.165) is 12.8 Å². The summed E-state index contributed by atoms with van der Waals surface area (Å²) in [6.45, 7) is 2.06. The van der Waals surface area contributed by atoms with Crippen molar-refractivity contribution in [3.63, 3.8) is 0 Å². The number of hydrogen-bond acceptors (Lipinski definition) is 4. The molecule has 1 amide bonds. The summed E-state index contributed by atoms with van der Waals surface area (Å²) in [5.74, 6) is 0.457. The molecule has 1 aromatic rings. The zero-order chi connectivity index (χ0) is 11.6. The molecule has 5 nitrogen and oxygen atoms in total. The Bertz CT molecular complexity index is 401. The predicted molar refractivity (Wildman–Crippen MR) is 61.3 cm³/mol. The third kappa shape index (κ3) is 2.13. The van der Waals surface area contributed by atoms with Crippen LogP contribution in [0, 0.1) is 0 Å². The molecule has 1 heterocycles. The lowest BCUT2D eigenvalue weighted by molar-refractivity contribution is 0.0845. The average molecular weight is 220 g/mol. The van der Waals surface area contributed by atoms with Gasteiger partial charge in [0.1, 0.15) is 11.5 Å². The molecule has 0 unspecified atom stereocenters. The van der Waals surface area contributed by atoms with Gasteiger partial charge in [-0.3, -0.25) is 9.78 Å². The normalized spacial score (nSPS) is 17.4. The van der Waals surface area contributed by atoms with Gasteiger partial charge in [-0.2, -0.15) is 0 Å². The van der Waals surface area contributed by atoms with Crippen LogP contribution >= 0.6 is 0 Å². The number of amides is 1. The van der Waals surface area contributed by atoms with Crippen LogP contribution < -0.4 is 10.6 Å². The summed E-state index contributed by atoms with van der Waals surface area (Å²) >= 11 is 0. The van der Waals surface area contributed by atoms with Gasteiger partial charge >= 0.3 is 0 Å². The van der Waals surface area contributed by atoms with E-state index in [4.69, 9.17) is 0 Å². The standard InChI is InChI=1S/C11H16N4O/c1-11(4-3-5-11)15-10(16)8-6-13-7-9(12-2)14-8/h6-7H,3-5H2,1-2H3,(H,12,14)(H,15,16). The highest BCUT2D eigenvalue weighted by atomic mass is 16.2. The summed E-state index contributed by atoms with van der Waals surface area (Å²) in [5.41, 5.74) is 0.314. The molecule has 0 bridgehead atoms. The van der Waals surface area contributed by atoms with Crippen LogP contribution in [0.3, 0.4) is 0 Å². The largest absolute Gasteiger partial charge is 0.372 e. The minimum Gasteiger partial charge on any atom is -0.372 e. The van der Waals surface area contributed by atoms with Crippen molar-refractivity contribution < 1.29 is 4.79 Å². The van der Waals surface area contributed by atoms with Crippen LogP contribution in [-0.4, -0.2) is 28.5 Å². The van der Waals surface area contributed by atoms with Gasteiger partial charge in [0.25, 0.3) is 5.91 Å². The van der Waals surface area contributed by atoms with Crippen molar-refractivity contribution in [1.82, 2.24) is 15.3 Å². The van der Waals surface area contributed by atoms with Gasteiger partial charge in [-0.05, 0) is 26.2 Å². The fraction of sp³-hybridized carbons (Fsp3) is 0.545. The Kier molecular flexibility index (Phi) is 2.77. The lowest BCUT2D eigenvalue weighted by Gasteiger charge is -2.38. The van der Waals surface area contributed by atoms with Crippen LogP contribution in [-0.2, 0) is 0 Å². The molecule has 1 aromatic heterocycles. The van der Waals surface area contributed by atoms with Crippen molar-refractivity contribution in [1.29, 1.82) is 0 Å². The van der Waals surface area contributed by atoms with E-state index in [1.54, 1.807) is 13.2 Å². The van der Waals surface area contributed by atoms with Crippen molar-refractivity contribution >= 4 is 11.7 Å². The van der Waals surface area contributed by atoms with E-state index in [1.807, 2.05) is 0 Å². The molecular weight excluding hydrogens is 204 g/mol. The van der Waals surface area contributed by atoms with E-state index in [2.05, 4.69) is 27.5 Å². The minimum atomic E-state index is -0.146. The maximum Gasteiger partial charge on any atom is 0.271 e. The first kappa shape index (κ1) is 10.9. The van der Waals surface area contributed by atoms with E-state index >= 15 is 0 Å². The molecule has 2 N–H and O–H groups in total. The summed E-state index contributed by atoms with van der Waals surface area (Å²) in [7, 11) is 1.75. The molecule has 2 rings (SSSR count). The molecular formula is C11H16N4O. The molecule has 5 heteroatoms. The van der Waals surface area contributed by atoms with Crippen molar-refractivity contribution in [2.45, 2.75) is 31.7 Å². The van der Waals surface area contributed by atoms with Gasteiger partial charge in [0.15, 0.2) is 0 Å². The van der Waals surface area contributed by atoms with Crippen molar-refractivity contribution in [2.24, 2.45) is 0 Å². The quantitative estimate of drug-likeness (QED) is 0.803. The van der Waals surface area contributed by atoms with Gasteiger partial charge in [-0.25, -0.2) is 4.98 Å². The van der Waals surface area contributed by atoms with Gasteiger partial charge in [0, 0.05) is 12.6 Å². The Morgan fingerprint density at radius 2 is 2.19 bits per heavy atom. The van der Waals surface area contributed by atoms with Crippen LogP contribution in [0.25, 0.3) is 0 Å². The maximum absolute atomic E-state index is 11.9. The zero-order valence-corrected chi connectivity index (χ0v) is 9.58. The highest BCUT2D eigenvalue weighted by molar-refractivity contribution is 5.92. The van der Waals surface area contributed by atoms with Crippen LogP contribution in [0.15, 0.2) is 12.4 Å².